The van der Waals surface area contributed by atoms with Crippen molar-refractivity contribution >= 4 is 22.4 Å². The molecule has 1 aromatic carbocycles. The zero-order chi connectivity index (χ0) is 14.2. The first-order valence-corrected chi connectivity index (χ1v) is 7.80. The molecule has 1 fully saturated rings. The number of nitrogens with zero attached hydrogens (tertiary/aromatic N) is 1. The van der Waals surface area contributed by atoms with Crippen molar-refractivity contribution < 1.29 is 12.8 Å². The van der Waals surface area contributed by atoms with E-state index in [1.54, 1.807) is 13.0 Å². The van der Waals surface area contributed by atoms with Crippen molar-refractivity contribution in [1.29, 1.82) is 0 Å². The SMILES string of the molecule is Cc1cccc(F)c1S(=O)(=O)N1CCNC(C)C1C.Cl. The molecule has 0 bridgehead atoms. The largest absolute Gasteiger partial charge is 0.311 e. The summed E-state index contributed by atoms with van der Waals surface area (Å²) in [5.74, 6) is -0.682. The van der Waals surface area contributed by atoms with Gasteiger partial charge < -0.3 is 5.32 Å². The molecule has 1 heterocycles. The summed E-state index contributed by atoms with van der Waals surface area (Å²) in [6, 6.07) is 4.18. The highest BCUT2D eigenvalue weighted by molar-refractivity contribution is 7.89. The standard InChI is InChI=1S/C13H19FN2O2S.ClH/c1-9-5-4-6-12(14)13(9)19(17,18)16-8-7-15-10(2)11(16)3;/h4-6,10-11,15H,7-8H2,1-3H3;1H. The van der Waals surface area contributed by atoms with Crippen molar-refractivity contribution in [2.24, 2.45) is 0 Å². The molecule has 114 valence electrons. The summed E-state index contributed by atoms with van der Waals surface area (Å²) in [6.07, 6.45) is 0. The Morgan fingerprint density at radius 2 is 2.00 bits per heavy atom. The molecule has 1 aliphatic rings. The summed E-state index contributed by atoms with van der Waals surface area (Å²) < 4.78 is 40.6. The number of nitrogens with one attached hydrogen (secondary N) is 1. The first-order valence-electron chi connectivity index (χ1n) is 6.36. The second-order valence-electron chi connectivity index (χ2n) is 4.99. The number of benzene rings is 1. The van der Waals surface area contributed by atoms with Crippen molar-refractivity contribution in [1.82, 2.24) is 9.62 Å². The van der Waals surface area contributed by atoms with E-state index in [0.29, 0.717) is 18.7 Å². The van der Waals surface area contributed by atoms with Crippen molar-refractivity contribution in [3.8, 4) is 0 Å². The van der Waals surface area contributed by atoms with Gasteiger partial charge >= 0.3 is 0 Å². The van der Waals surface area contributed by atoms with Crippen LogP contribution in [0.4, 0.5) is 4.39 Å². The molecule has 2 rings (SSSR count). The Kier molecular flexibility index (Phi) is 5.54. The van der Waals surface area contributed by atoms with Crippen LogP contribution in [0.15, 0.2) is 23.1 Å². The smallest absolute Gasteiger partial charge is 0.246 e. The van der Waals surface area contributed by atoms with Crippen molar-refractivity contribution in [2.45, 2.75) is 37.8 Å². The summed E-state index contributed by atoms with van der Waals surface area (Å²) in [5, 5.41) is 3.21. The predicted octanol–water partition coefficient (Wildman–Crippen LogP) is 1.93. The number of aryl methyl sites for hydroxylation is 1. The summed E-state index contributed by atoms with van der Waals surface area (Å²) in [6.45, 7) is 6.33. The van der Waals surface area contributed by atoms with Gasteiger partial charge in [0.05, 0.1) is 0 Å². The second kappa shape index (κ2) is 6.39. The number of hydrogen-bond acceptors (Lipinski definition) is 3. The third-order valence-corrected chi connectivity index (χ3v) is 5.87. The van der Waals surface area contributed by atoms with Crippen LogP contribution >= 0.6 is 12.4 Å². The van der Waals surface area contributed by atoms with E-state index in [0.717, 1.165) is 0 Å². The van der Waals surface area contributed by atoms with Gasteiger partial charge in [0.2, 0.25) is 10.0 Å². The molecule has 1 saturated heterocycles. The van der Waals surface area contributed by atoms with Crippen molar-refractivity contribution in [2.75, 3.05) is 13.1 Å². The van der Waals surface area contributed by atoms with E-state index < -0.39 is 15.8 Å². The maximum absolute atomic E-state index is 13.9. The number of halogens is 2. The third kappa shape index (κ3) is 2.98. The summed E-state index contributed by atoms with van der Waals surface area (Å²) in [7, 11) is -3.79. The van der Waals surface area contributed by atoms with Gasteiger partial charge in [-0.25, -0.2) is 12.8 Å². The fourth-order valence-corrected chi connectivity index (χ4v) is 4.40. The molecule has 0 spiro atoms. The lowest BCUT2D eigenvalue weighted by molar-refractivity contribution is 0.232. The van der Waals surface area contributed by atoms with Crippen LogP contribution in [0, 0.1) is 12.7 Å². The number of hydrogen-bond donors (Lipinski definition) is 1. The Morgan fingerprint density at radius 3 is 2.60 bits per heavy atom. The third-order valence-electron chi connectivity index (χ3n) is 3.71. The van der Waals surface area contributed by atoms with Crippen LogP contribution in [0.5, 0.6) is 0 Å². The summed E-state index contributed by atoms with van der Waals surface area (Å²) >= 11 is 0. The average Bonchev–Trinajstić information content (AvgIpc) is 2.32. The first kappa shape index (κ1) is 17.4. The fourth-order valence-electron chi connectivity index (χ4n) is 2.43. The van der Waals surface area contributed by atoms with Crippen LogP contribution in [0.3, 0.4) is 0 Å². The van der Waals surface area contributed by atoms with E-state index in [1.165, 1.54) is 16.4 Å². The highest BCUT2D eigenvalue weighted by atomic mass is 35.5. The Balaban J connectivity index is 0.00000200. The molecule has 4 nitrogen and oxygen atoms in total. The minimum atomic E-state index is -3.79. The zero-order valence-electron chi connectivity index (χ0n) is 11.8. The normalized spacial score (nSPS) is 24.2. The number of rotatable bonds is 2. The van der Waals surface area contributed by atoms with Crippen LogP contribution in [0.1, 0.15) is 19.4 Å². The highest BCUT2D eigenvalue weighted by Crippen LogP contribution is 2.26. The first-order chi connectivity index (χ1) is 8.85. The van der Waals surface area contributed by atoms with Gasteiger partial charge in [-0.15, -0.1) is 12.4 Å². The highest BCUT2D eigenvalue weighted by Gasteiger charge is 2.36. The minimum absolute atomic E-state index is 0. The molecule has 0 aliphatic carbocycles. The maximum Gasteiger partial charge on any atom is 0.246 e. The Morgan fingerprint density at radius 1 is 1.35 bits per heavy atom. The number of sulfonamides is 1. The van der Waals surface area contributed by atoms with Gasteiger partial charge in [0.25, 0.3) is 0 Å². The van der Waals surface area contributed by atoms with E-state index in [9.17, 15) is 12.8 Å². The van der Waals surface area contributed by atoms with E-state index in [2.05, 4.69) is 5.32 Å². The van der Waals surface area contributed by atoms with Crippen LogP contribution in [-0.4, -0.2) is 37.9 Å². The molecular weight excluding hydrogens is 303 g/mol. The van der Waals surface area contributed by atoms with E-state index in [-0.39, 0.29) is 29.4 Å². The molecule has 0 saturated carbocycles. The molecular formula is C13H20ClFN2O2S. The lowest BCUT2D eigenvalue weighted by atomic mass is 10.1. The average molecular weight is 323 g/mol. The molecule has 0 radical (unpaired) electrons. The molecule has 0 amide bonds. The topological polar surface area (TPSA) is 49.4 Å². The molecule has 0 aromatic heterocycles. The van der Waals surface area contributed by atoms with Crippen molar-refractivity contribution in [3.05, 3.63) is 29.6 Å². The molecule has 1 N–H and O–H groups in total. The van der Waals surface area contributed by atoms with Crippen LogP contribution < -0.4 is 5.32 Å². The van der Waals surface area contributed by atoms with Crippen LogP contribution in [0.25, 0.3) is 0 Å². The second-order valence-corrected chi connectivity index (χ2v) is 6.81. The Hall–Kier alpha value is -0.690. The maximum atomic E-state index is 13.9. The minimum Gasteiger partial charge on any atom is -0.311 e. The molecule has 1 aliphatic heterocycles. The fraction of sp³-hybridized carbons (Fsp3) is 0.538. The zero-order valence-corrected chi connectivity index (χ0v) is 13.4. The van der Waals surface area contributed by atoms with E-state index in [1.807, 2.05) is 13.8 Å². The lowest BCUT2D eigenvalue weighted by Crippen LogP contribution is -2.57. The van der Waals surface area contributed by atoms with Gasteiger partial charge in [-0.05, 0) is 32.4 Å². The quantitative estimate of drug-likeness (QED) is 0.905. The Labute approximate surface area is 125 Å². The molecule has 1 aromatic rings. The van der Waals surface area contributed by atoms with Crippen molar-refractivity contribution in [3.63, 3.8) is 0 Å². The van der Waals surface area contributed by atoms with Gasteiger partial charge in [-0.1, -0.05) is 12.1 Å². The van der Waals surface area contributed by atoms with Gasteiger partial charge in [0.1, 0.15) is 10.7 Å². The molecule has 2 atom stereocenters. The van der Waals surface area contributed by atoms with Crippen LogP contribution in [-0.2, 0) is 10.0 Å². The van der Waals surface area contributed by atoms with Gasteiger partial charge in [-0.3, -0.25) is 0 Å². The molecule has 20 heavy (non-hydrogen) atoms. The summed E-state index contributed by atoms with van der Waals surface area (Å²) in [5.41, 5.74) is 0.443. The van der Waals surface area contributed by atoms with E-state index in [4.69, 9.17) is 0 Å². The summed E-state index contributed by atoms with van der Waals surface area (Å²) in [4.78, 5) is -0.198. The predicted molar refractivity (Wildman–Crippen MR) is 79.2 cm³/mol. The van der Waals surface area contributed by atoms with Gasteiger partial charge in [-0.2, -0.15) is 4.31 Å². The van der Waals surface area contributed by atoms with E-state index >= 15 is 0 Å². The van der Waals surface area contributed by atoms with Crippen LogP contribution in [0.2, 0.25) is 0 Å². The van der Waals surface area contributed by atoms with Gasteiger partial charge in [0, 0.05) is 25.2 Å². The Bertz CT molecular complexity index is 559. The number of piperazine rings is 1. The van der Waals surface area contributed by atoms with Gasteiger partial charge in [0.15, 0.2) is 0 Å². The lowest BCUT2D eigenvalue weighted by Gasteiger charge is -2.37. The molecule has 2 unspecified atom stereocenters. The monoisotopic (exact) mass is 322 g/mol. The molecule has 7 heteroatoms.